The van der Waals surface area contributed by atoms with Gasteiger partial charge in [-0.25, -0.2) is 0 Å². The predicted molar refractivity (Wildman–Crippen MR) is 210 cm³/mol. The fraction of sp³-hybridized carbons (Fsp3) is 0.256. The predicted octanol–water partition coefficient (Wildman–Crippen LogP) is 12.8. The summed E-state index contributed by atoms with van der Waals surface area (Å²) in [4.78, 5) is 11.6. The highest BCUT2D eigenvalue weighted by molar-refractivity contribution is 7.96. The lowest BCUT2D eigenvalue weighted by molar-refractivity contribution is -0.144. The number of carbonyl (C=O) groups is 1. The zero-order valence-corrected chi connectivity index (χ0v) is 35.7. The molecule has 0 unspecified atom stereocenters. The molecule has 0 aliphatic heterocycles. The molecule has 0 heterocycles. The van der Waals surface area contributed by atoms with Gasteiger partial charge in [-0.1, -0.05) is 48.5 Å². The Labute approximate surface area is 386 Å². The minimum Gasteiger partial charge on any atom is -0.289 e. The van der Waals surface area contributed by atoms with Crippen LogP contribution in [0.25, 0.3) is 0 Å². The number of Topliss-reactive ketones (excluding diaryl/α,β-unsaturated/α-hetero) is 1. The van der Waals surface area contributed by atoms with Crippen LogP contribution in [0.4, 0.5) is 105 Å². The summed E-state index contributed by atoms with van der Waals surface area (Å²) < 4.78 is 341. The second kappa shape index (κ2) is 19.5. The summed E-state index contributed by atoms with van der Waals surface area (Å²) in [5.74, 6) is 0.745. The largest absolute Gasteiger partial charge is 0.416 e. The van der Waals surface area contributed by atoms with Crippen molar-refractivity contribution in [2.24, 2.45) is 0 Å². The van der Waals surface area contributed by atoms with Gasteiger partial charge >= 0.3 is 49.4 Å². The molecule has 5 aromatic carbocycles. The molecule has 0 amide bonds. The van der Waals surface area contributed by atoms with E-state index >= 15 is 0 Å². The number of nitrogens with zero attached hydrogens (tertiary/aromatic N) is 1. The van der Waals surface area contributed by atoms with E-state index < -0.39 is 195 Å². The summed E-state index contributed by atoms with van der Waals surface area (Å²) >= 11 is 0. The van der Waals surface area contributed by atoms with Crippen LogP contribution in [0, 0.1) is 11.3 Å². The normalized spacial score (nSPS) is 13.4. The molecule has 5 rings (SSSR count). The maximum Gasteiger partial charge on any atom is 0.416 e. The van der Waals surface area contributed by atoms with E-state index in [1.807, 2.05) is 18.6 Å². The van der Waals surface area contributed by atoms with Crippen LogP contribution in [0.2, 0.25) is 0 Å². The van der Waals surface area contributed by atoms with E-state index in [1.54, 1.807) is 24.3 Å². The lowest BCUT2D eigenvalue weighted by Gasteiger charge is -2.46. The summed E-state index contributed by atoms with van der Waals surface area (Å²) in [7, 11) is 0.132. The monoisotopic (exact) mass is 1070 g/mol. The van der Waals surface area contributed by atoms with Gasteiger partial charge in [0.15, 0.2) is 5.75 Å². The van der Waals surface area contributed by atoms with Crippen molar-refractivity contribution in [3.05, 3.63) is 153 Å². The van der Waals surface area contributed by atoms with Gasteiger partial charge in [0.25, 0.3) is 0 Å². The second-order valence-electron chi connectivity index (χ2n) is 15.5. The van der Waals surface area contributed by atoms with Crippen molar-refractivity contribution in [3.8, 4) is 6.07 Å². The highest BCUT2D eigenvalue weighted by atomic mass is 32.2. The first-order valence-corrected chi connectivity index (χ1v) is 21.0. The highest BCUT2D eigenvalue weighted by Crippen LogP contribution is 2.41. The molecule has 0 spiro atoms. The summed E-state index contributed by atoms with van der Waals surface area (Å²) in [6.07, 6.45) is -50.7. The molecule has 0 saturated carbocycles. The van der Waals surface area contributed by atoms with Gasteiger partial charge < -0.3 is 0 Å². The zero-order valence-electron chi connectivity index (χ0n) is 34.9. The molecule has 2 nitrogen and oxygen atoms in total. The van der Waals surface area contributed by atoms with E-state index in [1.165, 1.54) is 0 Å². The van der Waals surface area contributed by atoms with Crippen LogP contribution in [0.1, 0.15) is 60.4 Å². The molecular weight excluding hydrogens is 1050 g/mol. The van der Waals surface area contributed by atoms with Crippen LogP contribution >= 0.6 is 0 Å². The van der Waals surface area contributed by atoms with Gasteiger partial charge in [-0.05, 0) is 59.4 Å². The second-order valence-corrected chi connectivity index (χ2v) is 17.7. The lowest BCUT2D eigenvalue weighted by Crippen LogP contribution is -2.75. The van der Waals surface area contributed by atoms with Crippen LogP contribution in [-0.4, -0.2) is 30.2 Å². The number of benzene rings is 5. The van der Waals surface area contributed by atoms with Gasteiger partial charge in [0.05, 0.1) is 68.7 Å². The quantitative estimate of drug-likeness (QED) is 0.0705. The average Bonchev–Trinajstić information content (AvgIpc) is 3.21. The van der Waals surface area contributed by atoms with Crippen molar-refractivity contribution in [2.45, 2.75) is 49.4 Å². The number of hydrogen-bond donors (Lipinski definition) is 0. The van der Waals surface area contributed by atoms with Crippen LogP contribution in [0.3, 0.4) is 0 Å². The Bertz CT molecular complexity index is 2350. The molecule has 0 atom stereocenters. The molecule has 384 valence electrons. The van der Waals surface area contributed by atoms with Gasteiger partial charge in [-0.3, -0.25) is 4.79 Å². The SMILES string of the molecule is C[S+](C)CC(=O)c1ccc(C#N)cc1.FC(F)(F)c1cc([B-](c2cc(C(F)(F)F)cc(C(F)(F)F)c2)(c2cc(C(F)(F)F)cc(C(F)(F)F)c2)c2cc(C(F)(F)F)cc(C(F)(F)F)c2)cc(C(F)(F)F)c1. The molecular formula is C43H24BF24NOS. The summed E-state index contributed by atoms with van der Waals surface area (Å²) in [6, 6.07) is 0.000545. The average molecular weight is 1070 g/mol. The minimum atomic E-state index is -6.13. The molecule has 71 heavy (non-hydrogen) atoms. The Morgan fingerprint density at radius 1 is 0.394 bits per heavy atom. The number of ketones is 1. The smallest absolute Gasteiger partial charge is 0.289 e. The van der Waals surface area contributed by atoms with E-state index in [2.05, 4.69) is 0 Å². The Morgan fingerprint density at radius 3 is 0.746 bits per heavy atom. The number of alkyl halides is 24. The van der Waals surface area contributed by atoms with Gasteiger partial charge in [-0.15, -0.1) is 0 Å². The number of halogens is 24. The van der Waals surface area contributed by atoms with Crippen molar-refractivity contribution >= 4 is 44.7 Å². The van der Waals surface area contributed by atoms with Crippen molar-refractivity contribution in [1.82, 2.24) is 0 Å². The van der Waals surface area contributed by atoms with Gasteiger partial charge in [0.2, 0.25) is 5.78 Å². The number of hydrogen-bond acceptors (Lipinski definition) is 2. The first-order valence-electron chi connectivity index (χ1n) is 18.8. The zero-order chi connectivity index (χ0) is 54.5. The van der Waals surface area contributed by atoms with Crippen LogP contribution in [0.15, 0.2) is 97.1 Å². The van der Waals surface area contributed by atoms with Crippen molar-refractivity contribution in [3.63, 3.8) is 0 Å². The van der Waals surface area contributed by atoms with Gasteiger partial charge in [0.1, 0.15) is 6.15 Å². The Kier molecular flexibility index (Phi) is 15.8. The molecule has 0 aromatic heterocycles. The van der Waals surface area contributed by atoms with Gasteiger partial charge in [0, 0.05) is 5.56 Å². The summed E-state index contributed by atoms with van der Waals surface area (Å²) in [6.45, 7) is 0. The molecule has 5 aromatic rings. The molecule has 0 fully saturated rings. The molecule has 0 aliphatic rings. The first kappa shape index (κ1) is 57.6. The molecule has 0 bridgehead atoms. The molecule has 0 saturated heterocycles. The molecule has 0 N–H and O–H groups in total. The fourth-order valence-electron chi connectivity index (χ4n) is 7.15. The lowest BCUT2D eigenvalue weighted by atomic mass is 9.12. The third-order valence-corrected chi connectivity index (χ3v) is 11.0. The van der Waals surface area contributed by atoms with E-state index in [-0.39, 0.29) is 16.7 Å². The van der Waals surface area contributed by atoms with E-state index in [9.17, 15) is 110 Å². The number of carbonyl (C=O) groups excluding carboxylic acids is 1. The Hall–Kier alpha value is -6.01. The highest BCUT2D eigenvalue weighted by Gasteiger charge is 2.47. The topological polar surface area (TPSA) is 40.9 Å². The van der Waals surface area contributed by atoms with Crippen molar-refractivity contribution < 1.29 is 110 Å². The maximum absolute atomic E-state index is 14.2. The Morgan fingerprint density at radius 2 is 0.592 bits per heavy atom. The van der Waals surface area contributed by atoms with Crippen LogP contribution < -0.4 is 21.9 Å². The van der Waals surface area contributed by atoms with Crippen LogP contribution in [-0.2, 0) is 60.3 Å². The number of rotatable bonds is 7. The third-order valence-electron chi connectivity index (χ3n) is 10.2. The minimum absolute atomic E-state index is 0.132. The van der Waals surface area contributed by atoms with Crippen molar-refractivity contribution in [2.75, 3.05) is 18.3 Å². The van der Waals surface area contributed by atoms with E-state index in [0.29, 0.717) is 16.9 Å². The van der Waals surface area contributed by atoms with E-state index in [4.69, 9.17) is 5.26 Å². The fourth-order valence-corrected chi connectivity index (χ4v) is 7.84. The molecule has 28 heteroatoms. The summed E-state index contributed by atoms with van der Waals surface area (Å²) in [5, 5.41) is 8.58. The van der Waals surface area contributed by atoms with Crippen molar-refractivity contribution in [1.29, 1.82) is 5.26 Å². The molecule has 0 radical (unpaired) electrons. The Balaban J connectivity index is 0.000000671. The van der Waals surface area contributed by atoms with E-state index in [0.717, 1.165) is 0 Å². The first-order chi connectivity index (χ1) is 31.9. The maximum atomic E-state index is 14.2. The standard InChI is InChI=1S/C32H12BF24.C11H12NOS/c34-25(35,36)13-1-14(26(37,38)39)6-21(5-13)33(22-7-15(27(40,41)42)2-16(8-22)28(43,44)45,23-9-17(29(46,47)48)3-18(10-23)30(49,50)51)24-11-19(31(52,53)54)4-20(12-24)32(55,56)57;1-14(2)8-11(13)10-5-3-9(7-12)4-6-10/h1-12H;3-6H,8H2,1-2H3/q-1;+1. The van der Waals surface area contributed by atoms with Crippen LogP contribution in [0.5, 0.6) is 0 Å². The third kappa shape index (κ3) is 13.7. The number of nitriles is 1. The molecule has 0 aliphatic carbocycles. The summed E-state index contributed by atoms with van der Waals surface area (Å²) in [5.41, 5.74) is -28.9. The van der Waals surface area contributed by atoms with Gasteiger partial charge in [-0.2, -0.15) is 132 Å².